The van der Waals surface area contributed by atoms with Crippen molar-refractivity contribution in [2.45, 2.75) is 32.7 Å². The maximum Gasteiger partial charge on any atom is 0.312 e. The van der Waals surface area contributed by atoms with Crippen LogP contribution in [0.5, 0.6) is 0 Å². The van der Waals surface area contributed by atoms with Crippen LogP contribution in [0.4, 0.5) is 4.79 Å². The molecule has 0 spiro atoms. The van der Waals surface area contributed by atoms with E-state index in [1.165, 1.54) is 11.8 Å². The average Bonchev–Trinajstić information content (AvgIpc) is 2.72. The Labute approximate surface area is 105 Å². The van der Waals surface area contributed by atoms with Gasteiger partial charge < -0.3 is 21.1 Å². The number of nitrogens with two attached hydrogens (primary N) is 1. The molecule has 0 saturated carbocycles. The van der Waals surface area contributed by atoms with Crippen molar-refractivity contribution in [1.82, 2.24) is 10.2 Å². The van der Waals surface area contributed by atoms with Gasteiger partial charge in [-0.3, -0.25) is 9.59 Å². The highest BCUT2D eigenvalue weighted by Gasteiger charge is 2.45. The van der Waals surface area contributed by atoms with Gasteiger partial charge in [0.05, 0.1) is 5.41 Å². The SMILES string of the molecule is CCC1(C(=O)O)CCN(C(=O)C(C)NC(N)=O)C1. The lowest BCUT2D eigenvalue weighted by molar-refractivity contribution is -0.148. The van der Waals surface area contributed by atoms with Gasteiger partial charge >= 0.3 is 12.0 Å². The number of carboxylic acids is 1. The molecule has 7 heteroatoms. The fourth-order valence-corrected chi connectivity index (χ4v) is 2.22. The van der Waals surface area contributed by atoms with Crippen molar-refractivity contribution in [3.8, 4) is 0 Å². The molecule has 0 aromatic carbocycles. The number of carbonyl (C=O) groups is 3. The molecular weight excluding hydrogens is 238 g/mol. The van der Waals surface area contributed by atoms with Crippen molar-refractivity contribution in [3.63, 3.8) is 0 Å². The molecule has 1 saturated heterocycles. The summed E-state index contributed by atoms with van der Waals surface area (Å²) in [6, 6.07) is -1.50. The van der Waals surface area contributed by atoms with Crippen LogP contribution < -0.4 is 11.1 Å². The summed E-state index contributed by atoms with van der Waals surface area (Å²) < 4.78 is 0. The van der Waals surface area contributed by atoms with E-state index in [2.05, 4.69) is 5.32 Å². The van der Waals surface area contributed by atoms with Crippen molar-refractivity contribution < 1.29 is 19.5 Å². The molecule has 4 N–H and O–H groups in total. The number of nitrogens with zero attached hydrogens (tertiary/aromatic N) is 1. The molecule has 0 aliphatic carbocycles. The van der Waals surface area contributed by atoms with Crippen LogP contribution in [0.1, 0.15) is 26.7 Å². The minimum atomic E-state index is -0.879. The number of hydrogen-bond donors (Lipinski definition) is 3. The Hall–Kier alpha value is -1.79. The van der Waals surface area contributed by atoms with Crippen LogP contribution in [-0.4, -0.2) is 47.0 Å². The standard InChI is InChI=1S/C11H19N3O4/c1-3-11(9(16)17)4-5-14(6-11)8(15)7(2)13-10(12)18/h7H,3-6H2,1-2H3,(H,16,17)(H3,12,13,18). The molecule has 3 amide bonds. The Bertz CT molecular complexity index is 371. The molecule has 102 valence electrons. The van der Waals surface area contributed by atoms with E-state index >= 15 is 0 Å². The van der Waals surface area contributed by atoms with Crippen LogP contribution >= 0.6 is 0 Å². The number of hydrogen-bond acceptors (Lipinski definition) is 3. The zero-order valence-corrected chi connectivity index (χ0v) is 10.6. The Morgan fingerprint density at radius 3 is 2.50 bits per heavy atom. The largest absolute Gasteiger partial charge is 0.481 e. The number of primary amides is 1. The number of urea groups is 1. The van der Waals surface area contributed by atoms with Gasteiger partial charge in [0.25, 0.3) is 0 Å². The van der Waals surface area contributed by atoms with Gasteiger partial charge in [-0.15, -0.1) is 0 Å². The molecule has 7 nitrogen and oxygen atoms in total. The first kappa shape index (κ1) is 14.3. The zero-order chi connectivity index (χ0) is 13.9. The summed E-state index contributed by atoms with van der Waals surface area (Å²) in [5, 5.41) is 11.5. The third kappa shape index (κ3) is 2.72. The van der Waals surface area contributed by atoms with E-state index in [1.54, 1.807) is 6.92 Å². The number of carboxylic acid groups (broad SMARTS) is 1. The van der Waals surface area contributed by atoms with Gasteiger partial charge in [0.2, 0.25) is 5.91 Å². The van der Waals surface area contributed by atoms with E-state index in [0.29, 0.717) is 19.4 Å². The van der Waals surface area contributed by atoms with E-state index < -0.39 is 23.5 Å². The van der Waals surface area contributed by atoms with Gasteiger partial charge in [-0.25, -0.2) is 4.79 Å². The summed E-state index contributed by atoms with van der Waals surface area (Å²) in [5.74, 6) is -1.18. The number of nitrogens with one attached hydrogen (secondary N) is 1. The Morgan fingerprint density at radius 2 is 2.11 bits per heavy atom. The highest BCUT2D eigenvalue weighted by Crippen LogP contribution is 2.34. The van der Waals surface area contributed by atoms with Crippen LogP contribution in [0, 0.1) is 5.41 Å². The molecule has 1 aliphatic rings. The second-order valence-corrected chi connectivity index (χ2v) is 4.68. The van der Waals surface area contributed by atoms with Crippen LogP contribution in [-0.2, 0) is 9.59 Å². The third-order valence-electron chi connectivity index (χ3n) is 3.53. The number of carbonyl (C=O) groups excluding carboxylic acids is 2. The number of amides is 3. The van der Waals surface area contributed by atoms with Crippen LogP contribution in [0.2, 0.25) is 0 Å². The molecule has 1 heterocycles. The lowest BCUT2D eigenvalue weighted by Crippen LogP contribution is -2.48. The molecule has 0 aromatic heterocycles. The summed E-state index contributed by atoms with van der Waals surface area (Å²) >= 11 is 0. The summed E-state index contributed by atoms with van der Waals surface area (Å²) in [6.45, 7) is 3.90. The van der Waals surface area contributed by atoms with E-state index in [-0.39, 0.29) is 12.5 Å². The van der Waals surface area contributed by atoms with Crippen molar-refractivity contribution in [1.29, 1.82) is 0 Å². The number of rotatable bonds is 4. The predicted molar refractivity (Wildman–Crippen MR) is 63.7 cm³/mol. The quantitative estimate of drug-likeness (QED) is 0.644. The van der Waals surface area contributed by atoms with E-state index in [1.807, 2.05) is 0 Å². The Kier molecular flexibility index (Phi) is 4.15. The van der Waals surface area contributed by atoms with Crippen molar-refractivity contribution >= 4 is 17.9 Å². The summed E-state index contributed by atoms with van der Waals surface area (Å²) in [4.78, 5) is 35.4. The smallest absolute Gasteiger partial charge is 0.312 e. The minimum Gasteiger partial charge on any atom is -0.481 e. The number of likely N-dealkylation sites (tertiary alicyclic amines) is 1. The molecule has 2 atom stereocenters. The first-order chi connectivity index (χ1) is 8.32. The molecule has 0 bridgehead atoms. The highest BCUT2D eigenvalue weighted by molar-refractivity contribution is 5.87. The van der Waals surface area contributed by atoms with Gasteiger partial charge in [0, 0.05) is 13.1 Å². The second kappa shape index (κ2) is 5.24. The monoisotopic (exact) mass is 257 g/mol. The molecule has 1 aliphatic heterocycles. The molecule has 2 unspecified atom stereocenters. The lowest BCUT2D eigenvalue weighted by Gasteiger charge is -2.24. The molecule has 0 radical (unpaired) electrons. The fourth-order valence-electron chi connectivity index (χ4n) is 2.22. The molecular formula is C11H19N3O4. The van der Waals surface area contributed by atoms with Crippen LogP contribution in [0.15, 0.2) is 0 Å². The van der Waals surface area contributed by atoms with Gasteiger partial charge in [0.1, 0.15) is 6.04 Å². The average molecular weight is 257 g/mol. The minimum absolute atomic E-state index is 0.183. The molecule has 0 aromatic rings. The molecule has 1 rings (SSSR count). The zero-order valence-electron chi connectivity index (χ0n) is 10.6. The topological polar surface area (TPSA) is 113 Å². The van der Waals surface area contributed by atoms with Crippen molar-refractivity contribution in [3.05, 3.63) is 0 Å². The maximum atomic E-state index is 12.0. The van der Waals surface area contributed by atoms with Gasteiger partial charge in [0.15, 0.2) is 0 Å². The van der Waals surface area contributed by atoms with Gasteiger partial charge in [-0.1, -0.05) is 6.92 Å². The molecule has 1 fully saturated rings. The van der Waals surface area contributed by atoms with Crippen molar-refractivity contribution in [2.75, 3.05) is 13.1 Å². The van der Waals surface area contributed by atoms with Crippen LogP contribution in [0.25, 0.3) is 0 Å². The van der Waals surface area contributed by atoms with E-state index in [9.17, 15) is 19.5 Å². The first-order valence-corrected chi connectivity index (χ1v) is 5.90. The number of aliphatic carboxylic acids is 1. The van der Waals surface area contributed by atoms with E-state index in [0.717, 1.165) is 0 Å². The van der Waals surface area contributed by atoms with Crippen molar-refractivity contribution in [2.24, 2.45) is 11.1 Å². The fraction of sp³-hybridized carbons (Fsp3) is 0.727. The lowest BCUT2D eigenvalue weighted by atomic mass is 9.84. The third-order valence-corrected chi connectivity index (χ3v) is 3.53. The summed E-state index contributed by atoms with van der Waals surface area (Å²) in [5.41, 5.74) is 4.08. The van der Waals surface area contributed by atoms with Gasteiger partial charge in [-0.2, -0.15) is 0 Å². The Balaban J connectivity index is 2.69. The highest BCUT2D eigenvalue weighted by atomic mass is 16.4. The second-order valence-electron chi connectivity index (χ2n) is 4.68. The Morgan fingerprint density at radius 1 is 1.50 bits per heavy atom. The van der Waals surface area contributed by atoms with Gasteiger partial charge in [-0.05, 0) is 19.8 Å². The normalized spacial score (nSPS) is 24.7. The van der Waals surface area contributed by atoms with E-state index in [4.69, 9.17) is 5.73 Å². The first-order valence-electron chi connectivity index (χ1n) is 5.90. The van der Waals surface area contributed by atoms with Crippen LogP contribution in [0.3, 0.4) is 0 Å². The maximum absolute atomic E-state index is 12.0. The summed E-state index contributed by atoms with van der Waals surface area (Å²) in [7, 11) is 0. The predicted octanol–water partition coefficient (Wildman–Crippen LogP) is -0.243. The summed E-state index contributed by atoms with van der Waals surface area (Å²) in [6.07, 6.45) is 0.914. The molecule has 18 heavy (non-hydrogen) atoms.